The van der Waals surface area contributed by atoms with Crippen LogP contribution in [-0.2, 0) is 4.74 Å². The highest BCUT2D eigenvalue weighted by molar-refractivity contribution is 6.18. The first-order valence-corrected chi connectivity index (χ1v) is 3.58. The highest BCUT2D eigenvalue weighted by Crippen LogP contribution is 2.19. The minimum atomic E-state index is 0.340. The van der Waals surface area contributed by atoms with Gasteiger partial charge < -0.3 is 4.74 Å². The summed E-state index contributed by atoms with van der Waals surface area (Å²) >= 11 is 5.55. The summed E-state index contributed by atoms with van der Waals surface area (Å²) in [5, 5.41) is 0. The molecule has 0 spiro atoms. The molecule has 1 aliphatic rings. The summed E-state index contributed by atoms with van der Waals surface area (Å²) in [6.07, 6.45) is 3.10. The Morgan fingerprint density at radius 3 is 2.62 bits per heavy atom. The molecule has 0 aromatic heterocycles. The van der Waals surface area contributed by atoms with E-state index in [0.717, 1.165) is 6.42 Å². The van der Waals surface area contributed by atoms with E-state index < -0.39 is 0 Å². The molecule has 2 atom stereocenters. The lowest BCUT2D eigenvalue weighted by atomic mass is 10.2. The van der Waals surface area contributed by atoms with Crippen molar-refractivity contribution in [1.29, 1.82) is 0 Å². The maximum Gasteiger partial charge on any atom is 0.0714 e. The third-order valence-corrected chi connectivity index (χ3v) is 1.84. The van der Waals surface area contributed by atoms with Crippen molar-refractivity contribution in [2.24, 2.45) is 0 Å². The van der Waals surface area contributed by atoms with Crippen molar-refractivity contribution in [2.45, 2.75) is 32.0 Å². The minimum absolute atomic E-state index is 0.340. The lowest BCUT2D eigenvalue weighted by Gasteiger charge is -2.04. The molecular formula is C6H11ClO. The molecule has 0 bridgehead atoms. The predicted molar refractivity (Wildman–Crippen MR) is 34.3 cm³/mol. The van der Waals surface area contributed by atoms with Gasteiger partial charge in [0.1, 0.15) is 0 Å². The summed E-state index contributed by atoms with van der Waals surface area (Å²) in [6.45, 7) is 2.09. The van der Waals surface area contributed by atoms with Crippen molar-refractivity contribution in [2.75, 3.05) is 5.88 Å². The van der Waals surface area contributed by atoms with Crippen LogP contribution in [0.25, 0.3) is 0 Å². The number of hydrogen-bond donors (Lipinski definition) is 0. The van der Waals surface area contributed by atoms with Gasteiger partial charge in [-0.15, -0.1) is 11.6 Å². The van der Waals surface area contributed by atoms with Crippen LogP contribution in [0.15, 0.2) is 0 Å². The second-order valence-corrected chi connectivity index (χ2v) is 2.61. The summed E-state index contributed by atoms with van der Waals surface area (Å²) < 4.78 is 5.38. The van der Waals surface area contributed by atoms with Gasteiger partial charge in [0.15, 0.2) is 0 Å². The standard InChI is InChI=1S/C6H11ClO/c1-5-2-3-6(4-7)8-5/h5-6H,2-4H2,1H3/t5-,6+/m0/s1. The maximum atomic E-state index is 5.55. The van der Waals surface area contributed by atoms with Crippen molar-refractivity contribution >= 4 is 11.6 Å². The normalized spacial score (nSPS) is 38.2. The Kier molecular flexibility index (Phi) is 2.15. The second-order valence-electron chi connectivity index (χ2n) is 2.30. The molecule has 1 nitrogen and oxygen atoms in total. The zero-order chi connectivity index (χ0) is 5.98. The first-order chi connectivity index (χ1) is 3.83. The van der Waals surface area contributed by atoms with Gasteiger partial charge in [0.25, 0.3) is 0 Å². The number of ether oxygens (including phenoxy) is 1. The van der Waals surface area contributed by atoms with E-state index in [0.29, 0.717) is 18.1 Å². The first kappa shape index (κ1) is 6.37. The van der Waals surface area contributed by atoms with Gasteiger partial charge in [-0.3, -0.25) is 0 Å². The molecule has 0 radical (unpaired) electrons. The average molecular weight is 135 g/mol. The molecule has 2 heteroatoms. The number of alkyl halides is 1. The van der Waals surface area contributed by atoms with Gasteiger partial charge in [-0.1, -0.05) is 0 Å². The van der Waals surface area contributed by atoms with Gasteiger partial charge in [-0.2, -0.15) is 0 Å². The van der Waals surface area contributed by atoms with Crippen LogP contribution in [0.5, 0.6) is 0 Å². The summed E-state index contributed by atoms with van der Waals surface area (Å²) in [5.41, 5.74) is 0. The average Bonchev–Trinajstić information content (AvgIpc) is 2.14. The first-order valence-electron chi connectivity index (χ1n) is 3.04. The quantitative estimate of drug-likeness (QED) is 0.497. The highest BCUT2D eigenvalue weighted by Gasteiger charge is 2.19. The Hall–Kier alpha value is 0.250. The Bertz CT molecular complexity index is 74.9. The lowest BCUT2D eigenvalue weighted by Crippen LogP contribution is -2.08. The van der Waals surface area contributed by atoms with Crippen molar-refractivity contribution in [3.63, 3.8) is 0 Å². The predicted octanol–water partition coefficient (Wildman–Crippen LogP) is 1.79. The molecule has 8 heavy (non-hydrogen) atoms. The summed E-state index contributed by atoms with van der Waals surface area (Å²) in [7, 11) is 0. The molecule has 1 saturated heterocycles. The summed E-state index contributed by atoms with van der Waals surface area (Å²) in [6, 6.07) is 0. The molecule has 1 fully saturated rings. The fourth-order valence-corrected chi connectivity index (χ4v) is 1.23. The van der Waals surface area contributed by atoms with E-state index in [-0.39, 0.29) is 0 Å². The van der Waals surface area contributed by atoms with Gasteiger partial charge in [0, 0.05) is 5.88 Å². The summed E-state index contributed by atoms with van der Waals surface area (Å²) in [4.78, 5) is 0. The van der Waals surface area contributed by atoms with E-state index in [1.165, 1.54) is 6.42 Å². The lowest BCUT2D eigenvalue weighted by molar-refractivity contribution is 0.0692. The van der Waals surface area contributed by atoms with E-state index in [4.69, 9.17) is 16.3 Å². The van der Waals surface area contributed by atoms with Crippen molar-refractivity contribution in [3.05, 3.63) is 0 Å². The van der Waals surface area contributed by atoms with Crippen LogP contribution in [-0.4, -0.2) is 18.1 Å². The molecule has 48 valence electrons. The van der Waals surface area contributed by atoms with Crippen LogP contribution >= 0.6 is 11.6 Å². The maximum absolute atomic E-state index is 5.55. The van der Waals surface area contributed by atoms with Gasteiger partial charge in [-0.25, -0.2) is 0 Å². The fraction of sp³-hybridized carbons (Fsp3) is 1.00. The third-order valence-electron chi connectivity index (χ3n) is 1.49. The second kappa shape index (κ2) is 2.70. The van der Waals surface area contributed by atoms with Crippen LogP contribution in [0.2, 0.25) is 0 Å². The van der Waals surface area contributed by atoms with Gasteiger partial charge >= 0.3 is 0 Å². The van der Waals surface area contributed by atoms with E-state index in [2.05, 4.69) is 6.92 Å². The van der Waals surface area contributed by atoms with E-state index in [1.807, 2.05) is 0 Å². The van der Waals surface area contributed by atoms with Crippen LogP contribution in [0.4, 0.5) is 0 Å². The molecule has 1 heterocycles. The number of halogens is 1. The van der Waals surface area contributed by atoms with Gasteiger partial charge in [0.2, 0.25) is 0 Å². The smallest absolute Gasteiger partial charge is 0.0714 e. The molecule has 1 rings (SSSR count). The zero-order valence-electron chi connectivity index (χ0n) is 5.06. The molecule has 0 saturated carbocycles. The van der Waals surface area contributed by atoms with Gasteiger partial charge in [-0.05, 0) is 19.8 Å². The van der Waals surface area contributed by atoms with Crippen LogP contribution in [0.1, 0.15) is 19.8 Å². The summed E-state index contributed by atoms with van der Waals surface area (Å²) in [5.74, 6) is 0.657. The monoisotopic (exact) mass is 134 g/mol. The molecule has 0 N–H and O–H groups in total. The van der Waals surface area contributed by atoms with E-state index in [1.54, 1.807) is 0 Å². The molecule has 0 aromatic rings. The van der Waals surface area contributed by atoms with Crippen LogP contribution in [0, 0.1) is 0 Å². The Morgan fingerprint density at radius 2 is 2.38 bits per heavy atom. The third kappa shape index (κ3) is 1.36. The largest absolute Gasteiger partial charge is 0.374 e. The topological polar surface area (TPSA) is 9.23 Å². The van der Waals surface area contributed by atoms with Crippen molar-refractivity contribution < 1.29 is 4.74 Å². The molecule has 1 aliphatic heterocycles. The number of rotatable bonds is 1. The molecule has 0 unspecified atom stereocenters. The molecule has 0 aromatic carbocycles. The van der Waals surface area contributed by atoms with Crippen LogP contribution < -0.4 is 0 Å². The minimum Gasteiger partial charge on any atom is -0.374 e. The number of hydrogen-bond acceptors (Lipinski definition) is 1. The molecule has 0 amide bonds. The van der Waals surface area contributed by atoms with Crippen molar-refractivity contribution in [3.8, 4) is 0 Å². The highest BCUT2D eigenvalue weighted by atomic mass is 35.5. The molecule has 0 aliphatic carbocycles. The Balaban J connectivity index is 2.22. The van der Waals surface area contributed by atoms with E-state index >= 15 is 0 Å². The van der Waals surface area contributed by atoms with Crippen LogP contribution in [0.3, 0.4) is 0 Å². The Labute approximate surface area is 55.0 Å². The fourth-order valence-electron chi connectivity index (χ4n) is 0.999. The van der Waals surface area contributed by atoms with E-state index in [9.17, 15) is 0 Å². The Morgan fingerprint density at radius 1 is 1.62 bits per heavy atom. The zero-order valence-corrected chi connectivity index (χ0v) is 5.82. The van der Waals surface area contributed by atoms with Gasteiger partial charge in [0.05, 0.1) is 12.2 Å². The van der Waals surface area contributed by atoms with Crippen molar-refractivity contribution in [1.82, 2.24) is 0 Å². The molecular weight excluding hydrogens is 124 g/mol. The SMILES string of the molecule is C[C@H]1CC[C@H](CCl)O1.